The molecule has 0 rings (SSSR count). The second-order valence-electron chi connectivity index (χ2n) is 23.8. The Morgan fingerprint density at radius 1 is 0.259 bits per heavy atom. The zero-order valence-corrected chi connectivity index (χ0v) is 54.1. The van der Waals surface area contributed by atoms with Crippen molar-refractivity contribution in [3.63, 3.8) is 0 Å². The van der Waals surface area contributed by atoms with Crippen LogP contribution in [0.3, 0.4) is 0 Å². The van der Waals surface area contributed by atoms with E-state index in [1.807, 2.05) is 0 Å². The lowest BCUT2D eigenvalue weighted by Crippen LogP contribution is -2.30. The molecular weight excluding hydrogens is 997 g/mol. The van der Waals surface area contributed by atoms with Gasteiger partial charge in [-0.3, -0.25) is 14.4 Å². The predicted molar refractivity (Wildman–Crippen MR) is 353 cm³/mol. The molecule has 0 aromatic heterocycles. The maximum atomic E-state index is 12.9. The lowest BCUT2D eigenvalue weighted by Gasteiger charge is -2.18. The summed E-state index contributed by atoms with van der Waals surface area (Å²) in [7, 11) is 0. The van der Waals surface area contributed by atoms with Crippen LogP contribution < -0.4 is 0 Å². The molecule has 0 aliphatic rings. The van der Waals surface area contributed by atoms with Crippen molar-refractivity contribution in [1.29, 1.82) is 0 Å². The molecule has 0 saturated carbocycles. The number of rotatable bonds is 65. The van der Waals surface area contributed by atoms with Gasteiger partial charge in [0.2, 0.25) is 0 Å². The molecule has 0 radical (unpaired) electrons. The highest BCUT2D eigenvalue weighted by Gasteiger charge is 2.19. The van der Waals surface area contributed by atoms with Crippen LogP contribution in [-0.4, -0.2) is 37.2 Å². The molecule has 0 fully saturated rings. The lowest BCUT2D eigenvalue weighted by molar-refractivity contribution is -0.167. The number of esters is 3. The van der Waals surface area contributed by atoms with Crippen LogP contribution in [0.5, 0.6) is 0 Å². The van der Waals surface area contributed by atoms with Gasteiger partial charge in [0, 0.05) is 19.3 Å². The zero-order valence-electron chi connectivity index (χ0n) is 54.1. The van der Waals surface area contributed by atoms with Crippen LogP contribution in [0.1, 0.15) is 367 Å². The third kappa shape index (κ3) is 67.5. The minimum absolute atomic E-state index is 0.0817. The fraction of sp³-hybridized carbons (Fsp3) is 0.800. The molecule has 0 spiro atoms. The first-order chi connectivity index (χ1) is 40.0. The van der Waals surface area contributed by atoms with Crippen molar-refractivity contribution in [1.82, 2.24) is 0 Å². The molecule has 6 heteroatoms. The van der Waals surface area contributed by atoms with Crippen LogP contribution in [0, 0.1) is 0 Å². The SMILES string of the molecule is CC/C=C\C/C=C\C/C=C\C/C=C\C/C=C\C/C=C\CCCCCCC(=O)OC(COC(=O)CCCCCCCCCCCC)COC(=O)CCCCCCCCCCCCCCCCCCCCCCCCCCCCCCCC. The normalized spacial score (nSPS) is 12.5. The Labute approximate surface area is 503 Å². The average Bonchev–Trinajstić information content (AvgIpc) is 3.47. The number of hydrogen-bond acceptors (Lipinski definition) is 6. The van der Waals surface area contributed by atoms with Gasteiger partial charge in [-0.15, -0.1) is 0 Å². The van der Waals surface area contributed by atoms with Gasteiger partial charge in [0.05, 0.1) is 0 Å². The molecule has 470 valence electrons. The van der Waals surface area contributed by atoms with Crippen LogP contribution in [0.4, 0.5) is 0 Å². The monoisotopic (exact) mass is 1130 g/mol. The highest BCUT2D eigenvalue weighted by molar-refractivity contribution is 5.71. The van der Waals surface area contributed by atoms with Crippen LogP contribution in [-0.2, 0) is 28.6 Å². The third-order valence-corrected chi connectivity index (χ3v) is 15.7. The van der Waals surface area contributed by atoms with Gasteiger partial charge in [-0.2, -0.15) is 0 Å². The first kappa shape index (κ1) is 77.9. The maximum absolute atomic E-state index is 12.9. The second kappa shape index (κ2) is 69.3. The molecule has 6 nitrogen and oxygen atoms in total. The molecule has 0 heterocycles. The molecule has 81 heavy (non-hydrogen) atoms. The molecule has 0 aromatic rings. The van der Waals surface area contributed by atoms with E-state index in [1.165, 1.54) is 218 Å². The smallest absolute Gasteiger partial charge is 0.306 e. The molecule has 0 saturated heterocycles. The first-order valence-electron chi connectivity index (χ1n) is 35.4. The van der Waals surface area contributed by atoms with Crippen molar-refractivity contribution in [2.24, 2.45) is 0 Å². The lowest BCUT2D eigenvalue weighted by atomic mass is 10.0. The largest absolute Gasteiger partial charge is 0.462 e. The molecule has 1 unspecified atom stereocenters. The van der Waals surface area contributed by atoms with Gasteiger partial charge in [0.1, 0.15) is 13.2 Å². The van der Waals surface area contributed by atoms with Crippen molar-refractivity contribution in [2.45, 2.75) is 374 Å². The molecule has 0 aromatic carbocycles. The van der Waals surface area contributed by atoms with Gasteiger partial charge in [-0.1, -0.05) is 351 Å². The van der Waals surface area contributed by atoms with E-state index in [9.17, 15) is 14.4 Å². The Morgan fingerprint density at radius 2 is 0.481 bits per heavy atom. The Balaban J connectivity index is 4.17. The highest BCUT2D eigenvalue weighted by atomic mass is 16.6. The number of carbonyl (C=O) groups is 3. The Hall–Kier alpha value is -3.15. The summed E-state index contributed by atoms with van der Waals surface area (Å²) >= 11 is 0. The van der Waals surface area contributed by atoms with E-state index in [2.05, 4.69) is 93.7 Å². The topological polar surface area (TPSA) is 78.9 Å². The quantitative estimate of drug-likeness (QED) is 0.0261. The predicted octanol–water partition coefficient (Wildman–Crippen LogP) is 24.4. The number of allylic oxidation sites excluding steroid dienone is 12. The Morgan fingerprint density at radius 3 is 0.753 bits per heavy atom. The van der Waals surface area contributed by atoms with Crippen LogP contribution in [0.15, 0.2) is 72.9 Å². The van der Waals surface area contributed by atoms with Gasteiger partial charge in [0.15, 0.2) is 6.10 Å². The summed E-state index contributed by atoms with van der Waals surface area (Å²) in [6, 6.07) is 0. The molecule has 0 bridgehead atoms. The first-order valence-corrected chi connectivity index (χ1v) is 35.4. The van der Waals surface area contributed by atoms with Gasteiger partial charge >= 0.3 is 17.9 Å². The second-order valence-corrected chi connectivity index (χ2v) is 23.8. The maximum Gasteiger partial charge on any atom is 0.306 e. The summed E-state index contributed by atoms with van der Waals surface area (Å²) in [4.78, 5) is 38.3. The minimum atomic E-state index is -0.787. The third-order valence-electron chi connectivity index (χ3n) is 15.7. The summed E-state index contributed by atoms with van der Waals surface area (Å²) in [5.74, 6) is -0.889. The van der Waals surface area contributed by atoms with E-state index in [1.54, 1.807) is 0 Å². The molecule has 0 aliphatic carbocycles. The van der Waals surface area contributed by atoms with Crippen molar-refractivity contribution < 1.29 is 28.6 Å². The number of ether oxygens (including phenoxy) is 3. The molecular formula is C75H134O6. The van der Waals surface area contributed by atoms with Crippen LogP contribution in [0.25, 0.3) is 0 Å². The summed E-state index contributed by atoms with van der Waals surface area (Å²) < 4.78 is 16.9. The van der Waals surface area contributed by atoms with Crippen LogP contribution in [0.2, 0.25) is 0 Å². The van der Waals surface area contributed by atoms with E-state index in [0.717, 1.165) is 109 Å². The van der Waals surface area contributed by atoms with E-state index in [4.69, 9.17) is 14.2 Å². The van der Waals surface area contributed by atoms with E-state index in [-0.39, 0.29) is 31.1 Å². The number of carbonyl (C=O) groups excluding carboxylic acids is 3. The summed E-state index contributed by atoms with van der Waals surface area (Å²) in [5.41, 5.74) is 0. The molecule has 1 atom stereocenters. The van der Waals surface area contributed by atoms with E-state index < -0.39 is 6.10 Å². The van der Waals surface area contributed by atoms with E-state index >= 15 is 0 Å². The summed E-state index contributed by atoms with van der Waals surface area (Å²) in [6.07, 6.45) is 90.9. The molecule has 0 amide bonds. The fourth-order valence-electron chi connectivity index (χ4n) is 10.5. The van der Waals surface area contributed by atoms with Gasteiger partial charge < -0.3 is 14.2 Å². The van der Waals surface area contributed by atoms with Crippen molar-refractivity contribution >= 4 is 17.9 Å². The molecule has 0 N–H and O–H groups in total. The van der Waals surface area contributed by atoms with Crippen molar-refractivity contribution in [2.75, 3.05) is 13.2 Å². The number of hydrogen-bond donors (Lipinski definition) is 0. The number of unbranched alkanes of at least 4 members (excludes halogenated alkanes) is 42. The zero-order chi connectivity index (χ0) is 58.5. The molecule has 0 aliphatic heterocycles. The minimum Gasteiger partial charge on any atom is -0.462 e. The summed E-state index contributed by atoms with van der Waals surface area (Å²) in [6.45, 7) is 6.55. The van der Waals surface area contributed by atoms with Gasteiger partial charge in [-0.05, 0) is 70.6 Å². The highest BCUT2D eigenvalue weighted by Crippen LogP contribution is 2.18. The van der Waals surface area contributed by atoms with Crippen molar-refractivity contribution in [3.05, 3.63) is 72.9 Å². The summed E-state index contributed by atoms with van der Waals surface area (Å²) in [5, 5.41) is 0. The Bertz CT molecular complexity index is 1490. The van der Waals surface area contributed by atoms with Gasteiger partial charge in [0.25, 0.3) is 0 Å². The van der Waals surface area contributed by atoms with Crippen molar-refractivity contribution in [3.8, 4) is 0 Å². The van der Waals surface area contributed by atoms with E-state index in [0.29, 0.717) is 19.3 Å². The average molecular weight is 1130 g/mol. The van der Waals surface area contributed by atoms with Gasteiger partial charge in [-0.25, -0.2) is 0 Å². The Kier molecular flexibility index (Phi) is 66.6. The fourth-order valence-corrected chi connectivity index (χ4v) is 10.5. The standard InChI is InChI=1S/C75H134O6/c1-4-7-10-13-16-19-22-24-26-28-30-32-34-35-36-37-38-39-40-42-43-45-47-49-51-53-56-59-62-65-68-74(77)80-71-72(70-79-73(76)67-64-61-58-55-21-18-15-12-9-6-3)81-75(78)69-66-63-60-57-54-52-50-48-46-44-41-33-31-29-27-25-23-20-17-14-11-8-5-2/h8,11,17,20,25,27,31,33,44,46,50,52,72H,4-7,9-10,12-16,18-19,21-24,26,28-30,32,34-43,45,47-49,51,53-71H2,1-3H3/b11-8-,20-17-,27-25-,33-31-,46-44-,52-50-. The van der Waals surface area contributed by atoms with Crippen LogP contribution >= 0.6 is 0 Å².